The van der Waals surface area contributed by atoms with Crippen molar-refractivity contribution >= 4 is 5.97 Å². The summed E-state index contributed by atoms with van der Waals surface area (Å²) in [6.07, 6.45) is -7.58. The maximum atomic E-state index is 13.2. The van der Waals surface area contributed by atoms with Crippen molar-refractivity contribution in [1.29, 1.82) is 0 Å². The molecule has 36 heavy (non-hydrogen) atoms. The second kappa shape index (κ2) is 11.2. The highest BCUT2D eigenvalue weighted by Gasteiger charge is 2.33. The molecule has 0 aliphatic rings. The summed E-state index contributed by atoms with van der Waals surface area (Å²) in [6.45, 7) is 6.58. The quantitative estimate of drug-likeness (QED) is 0.264. The zero-order valence-corrected chi connectivity index (χ0v) is 20.8. The molecule has 0 atom stereocenters. The molecule has 0 radical (unpaired) electrons. The average Bonchev–Trinajstić information content (AvgIpc) is 2.79. The Balaban J connectivity index is 2.07. The summed E-state index contributed by atoms with van der Waals surface area (Å²) in [5.74, 6) is -0.559. The Morgan fingerprint density at radius 3 is 1.86 bits per heavy atom. The Hall–Kier alpha value is -2.55. The number of aliphatic hydroxyl groups excluding tert-OH is 1. The van der Waals surface area contributed by atoms with Gasteiger partial charge in [0.2, 0.25) is 0 Å². The predicted octanol–water partition coefficient (Wildman–Crippen LogP) is 7.38. The normalized spacial score (nSPS) is 13.1. The SMILES string of the molecule is CC(C)(CO)CCc1cc(C(F)(F)F)ccc1COC(=O)C(C)(C)CCc1ccc(C(F)(F)F)cc1. The molecule has 0 aromatic heterocycles. The van der Waals surface area contributed by atoms with Gasteiger partial charge < -0.3 is 9.84 Å². The van der Waals surface area contributed by atoms with Gasteiger partial charge in [-0.15, -0.1) is 0 Å². The Bertz CT molecular complexity index is 1020. The summed E-state index contributed by atoms with van der Waals surface area (Å²) in [5.41, 5.74) is -1.52. The van der Waals surface area contributed by atoms with E-state index in [-0.39, 0.29) is 19.6 Å². The van der Waals surface area contributed by atoms with Gasteiger partial charge in [0.05, 0.1) is 16.5 Å². The van der Waals surface area contributed by atoms with Crippen LogP contribution in [-0.2, 0) is 41.3 Å². The zero-order chi connectivity index (χ0) is 27.4. The first-order valence-electron chi connectivity index (χ1n) is 11.6. The minimum absolute atomic E-state index is 0.122. The van der Waals surface area contributed by atoms with Crippen LogP contribution in [0.1, 0.15) is 68.4 Å². The maximum Gasteiger partial charge on any atom is 0.416 e. The van der Waals surface area contributed by atoms with Crippen LogP contribution in [0.15, 0.2) is 42.5 Å². The van der Waals surface area contributed by atoms with Crippen LogP contribution in [-0.4, -0.2) is 17.7 Å². The smallest absolute Gasteiger partial charge is 0.416 e. The molecular weight excluding hydrogens is 486 g/mol. The zero-order valence-electron chi connectivity index (χ0n) is 20.8. The Kier molecular flexibility index (Phi) is 9.26. The number of carbonyl (C=O) groups excluding carboxylic acids is 1. The molecule has 2 aromatic carbocycles. The maximum absolute atomic E-state index is 13.2. The molecule has 0 fully saturated rings. The largest absolute Gasteiger partial charge is 0.460 e. The number of aryl methyl sites for hydroxylation is 2. The molecule has 1 N–H and O–H groups in total. The van der Waals surface area contributed by atoms with Crippen molar-refractivity contribution in [3.8, 4) is 0 Å². The van der Waals surface area contributed by atoms with Gasteiger partial charge in [-0.1, -0.05) is 32.0 Å². The molecule has 0 bridgehead atoms. The summed E-state index contributed by atoms with van der Waals surface area (Å²) in [7, 11) is 0. The number of hydrogen-bond acceptors (Lipinski definition) is 3. The number of rotatable bonds is 10. The first kappa shape index (κ1) is 29.7. The van der Waals surface area contributed by atoms with Crippen LogP contribution in [0, 0.1) is 10.8 Å². The highest BCUT2D eigenvalue weighted by Crippen LogP contribution is 2.33. The number of ether oxygens (including phenoxy) is 1. The third-order valence-corrected chi connectivity index (χ3v) is 6.26. The molecule has 0 saturated heterocycles. The van der Waals surface area contributed by atoms with Gasteiger partial charge in [0.15, 0.2) is 0 Å². The van der Waals surface area contributed by atoms with E-state index >= 15 is 0 Å². The van der Waals surface area contributed by atoms with Crippen LogP contribution >= 0.6 is 0 Å². The van der Waals surface area contributed by atoms with Crippen LogP contribution in [0.5, 0.6) is 0 Å². The summed E-state index contributed by atoms with van der Waals surface area (Å²) in [5, 5.41) is 9.47. The second-order valence-electron chi connectivity index (χ2n) is 10.5. The van der Waals surface area contributed by atoms with E-state index < -0.39 is 40.3 Å². The monoisotopic (exact) mass is 518 g/mol. The van der Waals surface area contributed by atoms with E-state index in [0.717, 1.165) is 24.3 Å². The molecule has 200 valence electrons. The van der Waals surface area contributed by atoms with E-state index in [9.17, 15) is 36.2 Å². The lowest BCUT2D eigenvalue weighted by Crippen LogP contribution is -2.27. The van der Waals surface area contributed by atoms with Crippen molar-refractivity contribution in [3.05, 3.63) is 70.3 Å². The van der Waals surface area contributed by atoms with Gasteiger partial charge in [-0.2, -0.15) is 26.3 Å². The number of halogens is 6. The fourth-order valence-corrected chi connectivity index (χ4v) is 3.49. The van der Waals surface area contributed by atoms with Crippen molar-refractivity contribution in [1.82, 2.24) is 0 Å². The summed E-state index contributed by atoms with van der Waals surface area (Å²) in [6, 6.07) is 8.01. The Labute approximate surface area is 207 Å². The first-order valence-corrected chi connectivity index (χ1v) is 11.6. The number of carbonyl (C=O) groups is 1. The summed E-state index contributed by atoms with van der Waals surface area (Å²) < 4.78 is 83.3. The molecule has 0 amide bonds. The van der Waals surface area contributed by atoms with Gasteiger partial charge in [-0.05, 0) is 85.9 Å². The Morgan fingerprint density at radius 1 is 0.778 bits per heavy atom. The predicted molar refractivity (Wildman–Crippen MR) is 124 cm³/mol. The molecule has 9 heteroatoms. The van der Waals surface area contributed by atoms with Crippen molar-refractivity contribution < 1.29 is 41.0 Å². The molecule has 0 spiro atoms. The van der Waals surface area contributed by atoms with Crippen LogP contribution in [0.25, 0.3) is 0 Å². The molecular formula is C27H32F6O3. The van der Waals surface area contributed by atoms with Crippen LogP contribution in [0.2, 0.25) is 0 Å². The van der Waals surface area contributed by atoms with Crippen LogP contribution in [0.4, 0.5) is 26.3 Å². The molecule has 3 nitrogen and oxygen atoms in total. The molecule has 0 aliphatic carbocycles. The highest BCUT2D eigenvalue weighted by molar-refractivity contribution is 5.76. The van der Waals surface area contributed by atoms with Crippen molar-refractivity contribution in [2.75, 3.05) is 6.61 Å². The lowest BCUT2D eigenvalue weighted by atomic mass is 9.85. The molecule has 0 aliphatic heterocycles. The van der Waals surface area contributed by atoms with E-state index in [4.69, 9.17) is 4.74 Å². The molecule has 0 saturated carbocycles. The number of benzene rings is 2. The number of aliphatic hydroxyl groups is 1. The van der Waals surface area contributed by atoms with Gasteiger partial charge in [0.25, 0.3) is 0 Å². The van der Waals surface area contributed by atoms with E-state index in [1.165, 1.54) is 18.2 Å². The van der Waals surface area contributed by atoms with Crippen LogP contribution in [0.3, 0.4) is 0 Å². The van der Waals surface area contributed by atoms with E-state index in [0.29, 0.717) is 36.0 Å². The second-order valence-corrected chi connectivity index (χ2v) is 10.5. The lowest BCUT2D eigenvalue weighted by Gasteiger charge is -2.24. The Morgan fingerprint density at radius 2 is 1.33 bits per heavy atom. The third kappa shape index (κ3) is 8.54. The number of hydrogen-bond donors (Lipinski definition) is 1. The van der Waals surface area contributed by atoms with Crippen molar-refractivity contribution in [2.45, 2.75) is 72.3 Å². The van der Waals surface area contributed by atoms with Crippen molar-refractivity contribution in [2.24, 2.45) is 10.8 Å². The highest BCUT2D eigenvalue weighted by atomic mass is 19.4. The minimum Gasteiger partial charge on any atom is -0.460 e. The summed E-state index contributed by atoms with van der Waals surface area (Å²) in [4.78, 5) is 12.8. The fraction of sp³-hybridized carbons (Fsp3) is 0.519. The average molecular weight is 519 g/mol. The minimum atomic E-state index is -4.52. The van der Waals surface area contributed by atoms with Crippen LogP contribution < -0.4 is 0 Å². The fourth-order valence-electron chi connectivity index (χ4n) is 3.49. The molecule has 0 unspecified atom stereocenters. The molecule has 2 aromatic rings. The third-order valence-electron chi connectivity index (χ3n) is 6.26. The topological polar surface area (TPSA) is 46.5 Å². The van der Waals surface area contributed by atoms with Gasteiger partial charge in [-0.3, -0.25) is 4.79 Å². The number of alkyl halides is 6. The first-order chi connectivity index (χ1) is 16.4. The number of esters is 1. The van der Waals surface area contributed by atoms with E-state index in [1.807, 2.05) is 0 Å². The lowest BCUT2D eigenvalue weighted by molar-refractivity contribution is -0.155. The molecule has 0 heterocycles. The van der Waals surface area contributed by atoms with Crippen molar-refractivity contribution in [3.63, 3.8) is 0 Å². The van der Waals surface area contributed by atoms with E-state index in [1.54, 1.807) is 27.7 Å². The van der Waals surface area contributed by atoms with Gasteiger partial charge in [0.1, 0.15) is 6.61 Å². The molecule has 2 rings (SSSR count). The van der Waals surface area contributed by atoms with E-state index in [2.05, 4.69) is 0 Å². The van der Waals surface area contributed by atoms with Gasteiger partial charge >= 0.3 is 18.3 Å². The standard InChI is InChI=1S/C27H32F6O3/c1-24(2,17-34)13-12-19-15-22(27(31,32)33)10-7-20(19)16-36-23(35)25(3,4)14-11-18-5-8-21(9-6-18)26(28,29)30/h5-10,15,34H,11-14,16-17H2,1-4H3. The van der Waals surface area contributed by atoms with Gasteiger partial charge in [-0.25, -0.2) is 0 Å². The van der Waals surface area contributed by atoms with Gasteiger partial charge in [0, 0.05) is 6.61 Å². The summed E-state index contributed by atoms with van der Waals surface area (Å²) >= 11 is 0.